The number of hydrogen-bond donors (Lipinski definition) is 0. The monoisotopic (exact) mass is 234 g/mol. The molecule has 16 heavy (non-hydrogen) atoms. The van der Waals surface area contributed by atoms with Crippen molar-refractivity contribution in [2.45, 2.75) is 38.5 Å². The van der Waals surface area contributed by atoms with Crippen LogP contribution in [0.4, 0.5) is 17.6 Å². The van der Waals surface area contributed by atoms with Gasteiger partial charge in [-0.05, 0) is 18.1 Å². The summed E-state index contributed by atoms with van der Waals surface area (Å²) in [4.78, 5) is 0. The van der Waals surface area contributed by atoms with Crippen molar-refractivity contribution in [3.8, 4) is 0 Å². The molecule has 0 spiro atoms. The van der Waals surface area contributed by atoms with Crippen LogP contribution in [0.15, 0.2) is 24.3 Å². The van der Waals surface area contributed by atoms with Crippen molar-refractivity contribution in [3.63, 3.8) is 0 Å². The van der Waals surface area contributed by atoms with Gasteiger partial charge < -0.3 is 0 Å². The summed E-state index contributed by atoms with van der Waals surface area (Å²) < 4.78 is 50.3. The van der Waals surface area contributed by atoms with Gasteiger partial charge in [0.2, 0.25) is 0 Å². The summed E-state index contributed by atoms with van der Waals surface area (Å²) in [6.45, 7) is 1.85. The molecule has 0 aliphatic carbocycles. The van der Waals surface area contributed by atoms with E-state index >= 15 is 0 Å². The number of benzene rings is 1. The van der Waals surface area contributed by atoms with Crippen molar-refractivity contribution >= 4 is 0 Å². The molecule has 1 aromatic rings. The fraction of sp³-hybridized carbons (Fsp3) is 0.500. The van der Waals surface area contributed by atoms with Crippen LogP contribution in [0, 0.1) is 0 Å². The first-order valence-electron chi connectivity index (χ1n) is 5.23. The largest absolute Gasteiger partial charge is 0.416 e. The number of rotatable bonds is 4. The van der Waals surface area contributed by atoms with E-state index in [1.807, 2.05) is 6.92 Å². The van der Waals surface area contributed by atoms with Crippen LogP contribution in [0.2, 0.25) is 0 Å². The summed E-state index contributed by atoms with van der Waals surface area (Å²) in [7, 11) is 0. The van der Waals surface area contributed by atoms with Crippen molar-refractivity contribution < 1.29 is 17.6 Å². The van der Waals surface area contributed by atoms with Gasteiger partial charge in [0.05, 0.1) is 5.56 Å². The van der Waals surface area contributed by atoms with Gasteiger partial charge >= 0.3 is 6.18 Å². The first kappa shape index (κ1) is 13.0. The van der Waals surface area contributed by atoms with Gasteiger partial charge in [0.25, 0.3) is 0 Å². The molecule has 0 saturated heterocycles. The maximum Gasteiger partial charge on any atom is 0.416 e. The molecule has 0 radical (unpaired) electrons. The van der Waals surface area contributed by atoms with Crippen molar-refractivity contribution in [3.05, 3.63) is 35.4 Å². The Morgan fingerprint density at radius 3 is 2.50 bits per heavy atom. The van der Waals surface area contributed by atoms with Gasteiger partial charge in [-0.25, -0.2) is 4.39 Å². The van der Waals surface area contributed by atoms with Crippen LogP contribution >= 0.6 is 0 Å². The molecule has 0 fully saturated rings. The molecular formula is C12H14F4. The summed E-state index contributed by atoms with van der Waals surface area (Å²) >= 11 is 0. The second kappa shape index (κ2) is 5.32. The molecule has 0 aliphatic rings. The second-order valence-corrected chi connectivity index (χ2v) is 3.79. The normalized spacial score (nSPS) is 13.8. The van der Waals surface area contributed by atoms with E-state index in [0.717, 1.165) is 12.1 Å². The summed E-state index contributed by atoms with van der Waals surface area (Å²) in [6, 6.07) is 4.85. The van der Waals surface area contributed by atoms with Crippen molar-refractivity contribution in [1.29, 1.82) is 0 Å². The molecule has 0 bridgehead atoms. The fourth-order valence-corrected chi connectivity index (χ4v) is 1.55. The van der Waals surface area contributed by atoms with Crippen molar-refractivity contribution in [2.24, 2.45) is 0 Å². The highest BCUT2D eigenvalue weighted by Gasteiger charge is 2.30. The van der Waals surface area contributed by atoms with Crippen LogP contribution in [0.1, 0.15) is 30.9 Å². The third-order valence-corrected chi connectivity index (χ3v) is 2.31. The summed E-state index contributed by atoms with van der Waals surface area (Å²) in [5, 5.41) is 0. The Balaban J connectivity index is 2.75. The Morgan fingerprint density at radius 2 is 1.94 bits per heavy atom. The molecule has 1 unspecified atom stereocenters. The lowest BCUT2D eigenvalue weighted by atomic mass is 10.0. The van der Waals surface area contributed by atoms with E-state index in [9.17, 15) is 17.6 Å². The van der Waals surface area contributed by atoms with Gasteiger partial charge in [0.1, 0.15) is 6.17 Å². The molecular weight excluding hydrogens is 220 g/mol. The lowest BCUT2D eigenvalue weighted by Gasteiger charge is -2.10. The van der Waals surface area contributed by atoms with Crippen LogP contribution in [0.3, 0.4) is 0 Å². The summed E-state index contributed by atoms with van der Waals surface area (Å²) in [5.41, 5.74) is -0.315. The fourth-order valence-electron chi connectivity index (χ4n) is 1.55. The molecule has 0 nitrogen and oxygen atoms in total. The Labute approximate surface area is 92.3 Å². The van der Waals surface area contributed by atoms with Gasteiger partial charge in [-0.1, -0.05) is 31.5 Å². The molecule has 0 N–H and O–H groups in total. The van der Waals surface area contributed by atoms with Gasteiger partial charge in [-0.2, -0.15) is 13.2 Å². The smallest absolute Gasteiger partial charge is 0.247 e. The van der Waals surface area contributed by atoms with E-state index in [2.05, 4.69) is 0 Å². The third-order valence-electron chi connectivity index (χ3n) is 2.31. The molecule has 4 heteroatoms. The minimum Gasteiger partial charge on any atom is -0.247 e. The number of hydrogen-bond acceptors (Lipinski definition) is 0. The summed E-state index contributed by atoms with van der Waals surface area (Å²) in [6.07, 6.45) is -4.28. The highest BCUT2D eigenvalue weighted by atomic mass is 19.4. The highest BCUT2D eigenvalue weighted by Crippen LogP contribution is 2.29. The van der Waals surface area contributed by atoms with Crippen molar-refractivity contribution in [1.82, 2.24) is 0 Å². The highest BCUT2D eigenvalue weighted by molar-refractivity contribution is 5.26. The Morgan fingerprint density at radius 1 is 1.25 bits per heavy atom. The SMILES string of the molecule is CCCC(F)Cc1cccc(C(F)(F)F)c1. The Hall–Kier alpha value is -1.06. The van der Waals surface area contributed by atoms with E-state index in [0.29, 0.717) is 18.4 Å². The maximum absolute atomic E-state index is 13.2. The zero-order valence-corrected chi connectivity index (χ0v) is 9.02. The average Bonchev–Trinajstić information content (AvgIpc) is 2.17. The van der Waals surface area contributed by atoms with E-state index in [1.165, 1.54) is 12.1 Å². The summed E-state index contributed by atoms with van der Waals surface area (Å²) in [5.74, 6) is 0. The lowest BCUT2D eigenvalue weighted by molar-refractivity contribution is -0.137. The molecule has 0 amide bonds. The quantitative estimate of drug-likeness (QED) is 0.678. The minimum absolute atomic E-state index is 0.0533. The van der Waals surface area contributed by atoms with Gasteiger partial charge in [0, 0.05) is 6.42 Å². The predicted octanol–water partition coefficient (Wildman–Crippen LogP) is 4.39. The topological polar surface area (TPSA) is 0 Å². The first-order chi connectivity index (χ1) is 7.43. The maximum atomic E-state index is 13.2. The number of alkyl halides is 4. The molecule has 0 aliphatic heterocycles. The van der Waals surface area contributed by atoms with Gasteiger partial charge in [0.15, 0.2) is 0 Å². The average molecular weight is 234 g/mol. The van der Waals surface area contributed by atoms with Gasteiger partial charge in [-0.3, -0.25) is 0 Å². The van der Waals surface area contributed by atoms with Crippen LogP contribution in [0.5, 0.6) is 0 Å². The van der Waals surface area contributed by atoms with Crippen molar-refractivity contribution in [2.75, 3.05) is 0 Å². The molecule has 1 rings (SSSR count). The first-order valence-corrected chi connectivity index (χ1v) is 5.23. The molecule has 0 heterocycles. The molecule has 90 valence electrons. The zero-order valence-electron chi connectivity index (χ0n) is 9.02. The lowest BCUT2D eigenvalue weighted by Crippen LogP contribution is -2.08. The molecule has 0 aromatic heterocycles. The molecule has 0 saturated carbocycles. The minimum atomic E-state index is -4.35. The molecule has 1 atom stereocenters. The van der Waals surface area contributed by atoms with E-state index in [4.69, 9.17) is 0 Å². The number of halogens is 4. The van der Waals surface area contributed by atoms with E-state index < -0.39 is 17.9 Å². The second-order valence-electron chi connectivity index (χ2n) is 3.79. The van der Waals surface area contributed by atoms with Crippen LogP contribution in [-0.4, -0.2) is 6.17 Å². The predicted molar refractivity (Wildman–Crippen MR) is 55.0 cm³/mol. The van der Waals surface area contributed by atoms with Crippen LogP contribution in [0.25, 0.3) is 0 Å². The molecule has 1 aromatic carbocycles. The van der Waals surface area contributed by atoms with Gasteiger partial charge in [-0.15, -0.1) is 0 Å². The van der Waals surface area contributed by atoms with Crippen LogP contribution < -0.4 is 0 Å². The third kappa shape index (κ3) is 3.83. The van der Waals surface area contributed by atoms with E-state index in [1.54, 1.807) is 0 Å². The van der Waals surface area contributed by atoms with Crippen LogP contribution in [-0.2, 0) is 12.6 Å². The zero-order chi connectivity index (χ0) is 12.2. The Bertz CT molecular complexity index is 330. The van der Waals surface area contributed by atoms with E-state index in [-0.39, 0.29) is 6.42 Å². The Kier molecular flexibility index (Phi) is 4.33. The standard InChI is InChI=1S/C12H14F4/c1-2-4-11(13)8-9-5-3-6-10(7-9)12(14,15)16/h3,5-7,11H,2,4,8H2,1H3.